The molecule has 162 valence electrons. The van der Waals surface area contributed by atoms with E-state index in [4.69, 9.17) is 4.74 Å². The molecule has 0 radical (unpaired) electrons. The maximum absolute atomic E-state index is 12.8. The molecule has 4 aliphatic carbocycles. The maximum Gasteiger partial charge on any atom is 0.326 e. The molecule has 8 heteroatoms. The number of urea groups is 1. The molecule has 4 amide bonds. The predicted octanol–water partition coefficient (Wildman–Crippen LogP) is 1.87. The van der Waals surface area contributed by atoms with E-state index in [1.807, 2.05) is 0 Å². The molecule has 0 heterocycles. The third kappa shape index (κ3) is 5.28. The maximum atomic E-state index is 12.8. The van der Waals surface area contributed by atoms with Gasteiger partial charge in [-0.3, -0.25) is 19.7 Å². The molecule has 0 spiro atoms. The van der Waals surface area contributed by atoms with E-state index in [-0.39, 0.29) is 17.9 Å². The zero-order chi connectivity index (χ0) is 21.4. The molecule has 0 aromatic heterocycles. The van der Waals surface area contributed by atoms with Gasteiger partial charge in [0.05, 0.1) is 0 Å². The van der Waals surface area contributed by atoms with Gasteiger partial charge in [0.2, 0.25) is 5.91 Å². The smallest absolute Gasteiger partial charge is 0.326 e. The lowest BCUT2D eigenvalue weighted by Gasteiger charge is -2.55. The second-order valence-corrected chi connectivity index (χ2v) is 10.2. The third-order valence-corrected chi connectivity index (χ3v) is 6.32. The van der Waals surface area contributed by atoms with Crippen LogP contribution in [0.4, 0.5) is 4.79 Å². The Labute approximate surface area is 171 Å². The highest BCUT2D eigenvalue weighted by molar-refractivity contribution is 5.97. The third-order valence-electron chi connectivity index (χ3n) is 6.32. The highest BCUT2D eigenvalue weighted by atomic mass is 16.5. The monoisotopic (exact) mass is 407 g/mol. The largest absolute Gasteiger partial charge is 0.451 e. The average Bonchev–Trinajstić information content (AvgIpc) is 2.56. The van der Waals surface area contributed by atoms with Crippen LogP contribution in [0.3, 0.4) is 0 Å². The van der Waals surface area contributed by atoms with Crippen LogP contribution in [0.2, 0.25) is 0 Å². The lowest BCUT2D eigenvalue weighted by molar-refractivity contribution is -0.156. The van der Waals surface area contributed by atoms with Gasteiger partial charge in [-0.15, -0.1) is 0 Å². The molecule has 1 unspecified atom stereocenters. The number of nitrogens with one attached hydrogen (secondary N) is 3. The van der Waals surface area contributed by atoms with Gasteiger partial charge in [-0.1, -0.05) is 0 Å². The molecule has 0 saturated heterocycles. The molecule has 8 nitrogen and oxygen atoms in total. The van der Waals surface area contributed by atoms with Crippen molar-refractivity contribution in [3.05, 3.63) is 0 Å². The summed E-state index contributed by atoms with van der Waals surface area (Å²) in [7, 11) is 0. The van der Waals surface area contributed by atoms with E-state index in [1.165, 1.54) is 26.2 Å². The Bertz CT molecular complexity index is 662. The van der Waals surface area contributed by atoms with Gasteiger partial charge in [0.15, 0.2) is 6.10 Å². The van der Waals surface area contributed by atoms with Gasteiger partial charge in [0, 0.05) is 11.0 Å². The standard InChI is InChI=1S/C21H33N3O5/c1-12(17(26)23-19(28)24-20(2,3)4)29-16(25)11-22-18(27)21-8-13-5-14(9-21)7-15(6-13)10-21/h12-15H,5-11H2,1-4H3,(H,22,27)(H2,23,24,26,28). The van der Waals surface area contributed by atoms with Gasteiger partial charge in [-0.05, 0) is 84.0 Å². The summed E-state index contributed by atoms with van der Waals surface area (Å²) in [4.78, 5) is 48.7. The molecule has 4 rings (SSSR count). The summed E-state index contributed by atoms with van der Waals surface area (Å²) in [6, 6.07) is -0.652. The molecule has 4 saturated carbocycles. The van der Waals surface area contributed by atoms with Crippen molar-refractivity contribution in [2.24, 2.45) is 23.2 Å². The van der Waals surface area contributed by atoms with Crippen LogP contribution in [-0.2, 0) is 19.1 Å². The zero-order valence-corrected chi connectivity index (χ0v) is 17.8. The minimum atomic E-state index is -1.13. The highest BCUT2D eigenvalue weighted by Crippen LogP contribution is 2.60. The quantitative estimate of drug-likeness (QED) is 0.602. The van der Waals surface area contributed by atoms with Crippen molar-refractivity contribution in [2.45, 2.75) is 77.9 Å². The fourth-order valence-electron chi connectivity index (χ4n) is 5.61. The van der Waals surface area contributed by atoms with E-state index in [1.54, 1.807) is 20.8 Å². The number of carbonyl (C=O) groups is 4. The Morgan fingerprint density at radius 3 is 2.00 bits per heavy atom. The van der Waals surface area contributed by atoms with E-state index < -0.39 is 29.6 Å². The van der Waals surface area contributed by atoms with Crippen LogP contribution >= 0.6 is 0 Å². The van der Waals surface area contributed by atoms with Crippen molar-refractivity contribution in [1.82, 2.24) is 16.0 Å². The molecular weight excluding hydrogens is 374 g/mol. The number of esters is 1. The Kier molecular flexibility index (Phi) is 5.92. The Hall–Kier alpha value is -2.12. The molecule has 1 atom stereocenters. The van der Waals surface area contributed by atoms with Crippen molar-refractivity contribution in [3.63, 3.8) is 0 Å². The topological polar surface area (TPSA) is 114 Å². The number of rotatable bonds is 5. The molecule has 4 aliphatic rings. The summed E-state index contributed by atoms with van der Waals surface area (Å²) in [5.41, 5.74) is -0.825. The van der Waals surface area contributed by atoms with Crippen molar-refractivity contribution in [1.29, 1.82) is 0 Å². The van der Waals surface area contributed by atoms with Gasteiger partial charge in [-0.25, -0.2) is 4.79 Å². The summed E-state index contributed by atoms with van der Waals surface area (Å²) < 4.78 is 5.07. The molecule has 29 heavy (non-hydrogen) atoms. The van der Waals surface area contributed by atoms with Crippen molar-refractivity contribution in [3.8, 4) is 0 Å². The van der Waals surface area contributed by atoms with Crippen LogP contribution < -0.4 is 16.0 Å². The van der Waals surface area contributed by atoms with Gasteiger partial charge < -0.3 is 15.4 Å². The molecule has 0 aromatic carbocycles. The van der Waals surface area contributed by atoms with E-state index in [2.05, 4.69) is 16.0 Å². The van der Waals surface area contributed by atoms with Crippen LogP contribution in [0.1, 0.15) is 66.2 Å². The average molecular weight is 408 g/mol. The summed E-state index contributed by atoms with van der Waals surface area (Å²) in [6.07, 6.45) is 5.34. The number of carbonyl (C=O) groups excluding carboxylic acids is 4. The van der Waals surface area contributed by atoms with E-state index >= 15 is 0 Å². The molecule has 4 bridgehead atoms. The SMILES string of the molecule is CC(OC(=O)CNC(=O)C12CC3CC(CC(C3)C1)C2)C(=O)NC(=O)NC(C)(C)C. The molecule has 3 N–H and O–H groups in total. The normalized spacial score (nSPS) is 31.0. The fraction of sp³-hybridized carbons (Fsp3) is 0.810. The predicted molar refractivity (Wildman–Crippen MR) is 106 cm³/mol. The first-order chi connectivity index (χ1) is 13.5. The first kappa shape index (κ1) is 21.6. The van der Waals surface area contributed by atoms with Crippen molar-refractivity contribution < 1.29 is 23.9 Å². The van der Waals surface area contributed by atoms with Gasteiger partial charge in [0.25, 0.3) is 5.91 Å². The highest BCUT2D eigenvalue weighted by Gasteiger charge is 2.54. The minimum Gasteiger partial charge on any atom is -0.451 e. The first-order valence-electron chi connectivity index (χ1n) is 10.6. The molecular formula is C21H33N3O5. The zero-order valence-electron chi connectivity index (χ0n) is 17.8. The summed E-state index contributed by atoms with van der Waals surface area (Å²) in [5.74, 6) is 0.454. The minimum absolute atomic E-state index is 0.0600. The van der Waals surface area contributed by atoms with Crippen LogP contribution in [0.25, 0.3) is 0 Å². The van der Waals surface area contributed by atoms with E-state index in [0.29, 0.717) is 17.8 Å². The Morgan fingerprint density at radius 1 is 1.00 bits per heavy atom. The van der Waals surface area contributed by atoms with Crippen molar-refractivity contribution >= 4 is 23.8 Å². The Balaban J connectivity index is 1.43. The van der Waals surface area contributed by atoms with Crippen LogP contribution in [0, 0.1) is 23.2 Å². The summed E-state index contributed by atoms with van der Waals surface area (Å²) in [6.45, 7) is 6.47. The number of amides is 4. The second-order valence-electron chi connectivity index (χ2n) is 10.2. The van der Waals surface area contributed by atoms with Gasteiger partial charge >= 0.3 is 12.0 Å². The number of hydrogen-bond donors (Lipinski definition) is 3. The molecule has 4 fully saturated rings. The van der Waals surface area contributed by atoms with Gasteiger partial charge in [-0.2, -0.15) is 0 Å². The van der Waals surface area contributed by atoms with Crippen molar-refractivity contribution in [2.75, 3.05) is 6.54 Å². The lowest BCUT2D eigenvalue weighted by atomic mass is 9.49. The molecule has 0 aromatic rings. The summed E-state index contributed by atoms with van der Waals surface area (Å²) in [5, 5.41) is 7.47. The lowest BCUT2D eigenvalue weighted by Crippen LogP contribution is -2.54. The van der Waals surface area contributed by atoms with Crippen LogP contribution in [0.5, 0.6) is 0 Å². The number of hydrogen-bond acceptors (Lipinski definition) is 5. The number of imide groups is 1. The fourth-order valence-corrected chi connectivity index (χ4v) is 5.61. The van der Waals surface area contributed by atoms with Gasteiger partial charge in [0.1, 0.15) is 6.54 Å². The van der Waals surface area contributed by atoms with E-state index in [9.17, 15) is 19.2 Å². The summed E-state index contributed by atoms with van der Waals surface area (Å²) >= 11 is 0. The molecule has 0 aliphatic heterocycles. The Morgan fingerprint density at radius 2 is 1.52 bits per heavy atom. The second kappa shape index (κ2) is 7.95. The first-order valence-corrected chi connectivity index (χ1v) is 10.6. The van der Waals surface area contributed by atoms with Crippen LogP contribution in [0.15, 0.2) is 0 Å². The van der Waals surface area contributed by atoms with E-state index in [0.717, 1.165) is 19.3 Å². The number of ether oxygens (including phenoxy) is 1. The van der Waals surface area contributed by atoms with Crippen LogP contribution in [-0.4, -0.2) is 42.0 Å².